The van der Waals surface area contributed by atoms with Crippen molar-refractivity contribution in [1.82, 2.24) is 9.80 Å². The molecule has 42 heavy (non-hydrogen) atoms. The van der Waals surface area contributed by atoms with Gasteiger partial charge in [0.15, 0.2) is 0 Å². The van der Waals surface area contributed by atoms with E-state index < -0.39 is 35.1 Å². The number of fused-ring (bicyclic) bond motifs is 1. The monoisotopic (exact) mass is 581 g/mol. The van der Waals surface area contributed by atoms with Gasteiger partial charge >= 0.3 is 0 Å². The molecule has 3 saturated heterocycles. The summed E-state index contributed by atoms with van der Waals surface area (Å²) >= 11 is 0. The molecule has 3 aliphatic rings. The number of carbonyl (C=O) groups is 3. The SMILES string of the molecule is C=CCN(C(=O)[C@@H]1[C@H]2C(=O)N(CCCCCO)C(C(=O)N(CC=C)C(C)(C)C)C23CC[C@H]1O3)c1ccc(OCC)cc1. The van der Waals surface area contributed by atoms with Crippen molar-refractivity contribution in [2.45, 2.75) is 83.1 Å². The minimum atomic E-state index is -1.07. The van der Waals surface area contributed by atoms with E-state index in [0.717, 1.165) is 6.42 Å². The second kappa shape index (κ2) is 13.0. The van der Waals surface area contributed by atoms with Crippen LogP contribution >= 0.6 is 0 Å². The van der Waals surface area contributed by atoms with Crippen molar-refractivity contribution >= 4 is 23.4 Å². The lowest BCUT2D eigenvalue weighted by Gasteiger charge is -2.42. The van der Waals surface area contributed by atoms with Crippen LogP contribution in [0.3, 0.4) is 0 Å². The molecular weight excluding hydrogens is 534 g/mol. The van der Waals surface area contributed by atoms with E-state index in [0.29, 0.717) is 56.8 Å². The number of ether oxygens (including phenoxy) is 2. The molecule has 3 heterocycles. The van der Waals surface area contributed by atoms with E-state index >= 15 is 0 Å². The van der Waals surface area contributed by atoms with E-state index in [1.165, 1.54) is 0 Å². The van der Waals surface area contributed by atoms with E-state index in [1.54, 1.807) is 26.9 Å². The Morgan fingerprint density at radius 2 is 1.81 bits per heavy atom. The fourth-order valence-corrected chi connectivity index (χ4v) is 7.02. The third-order valence-electron chi connectivity index (χ3n) is 8.80. The van der Waals surface area contributed by atoms with Gasteiger partial charge in [-0.3, -0.25) is 14.4 Å². The van der Waals surface area contributed by atoms with Crippen LogP contribution < -0.4 is 9.64 Å². The fourth-order valence-electron chi connectivity index (χ4n) is 7.02. The summed E-state index contributed by atoms with van der Waals surface area (Å²) in [5.74, 6) is -1.33. The number of unbranched alkanes of at least 4 members (excludes halogenated alkanes) is 2. The number of nitrogens with zero attached hydrogens (tertiary/aromatic N) is 3. The molecule has 3 amide bonds. The van der Waals surface area contributed by atoms with Crippen LogP contribution in [0.1, 0.15) is 59.8 Å². The summed E-state index contributed by atoms with van der Waals surface area (Å²) in [6.45, 7) is 17.1. The Bertz CT molecular complexity index is 1160. The first-order valence-corrected chi connectivity index (χ1v) is 15.2. The van der Waals surface area contributed by atoms with Gasteiger partial charge in [0.1, 0.15) is 17.4 Å². The molecule has 3 fully saturated rings. The van der Waals surface area contributed by atoms with E-state index in [2.05, 4.69) is 13.2 Å². The van der Waals surface area contributed by atoms with Gasteiger partial charge in [-0.2, -0.15) is 0 Å². The zero-order valence-electron chi connectivity index (χ0n) is 25.6. The molecule has 9 nitrogen and oxygen atoms in total. The highest BCUT2D eigenvalue weighted by Crippen LogP contribution is 2.59. The Morgan fingerprint density at radius 1 is 1.12 bits per heavy atom. The highest BCUT2D eigenvalue weighted by Gasteiger charge is 2.75. The summed E-state index contributed by atoms with van der Waals surface area (Å²) in [5, 5.41) is 9.29. The maximum atomic E-state index is 14.4. The van der Waals surface area contributed by atoms with E-state index in [9.17, 15) is 19.5 Å². The van der Waals surface area contributed by atoms with Crippen LogP contribution in [0.25, 0.3) is 0 Å². The van der Waals surface area contributed by atoms with Crippen molar-refractivity contribution in [3.63, 3.8) is 0 Å². The van der Waals surface area contributed by atoms with Crippen LogP contribution in [0.5, 0.6) is 5.75 Å². The number of amides is 3. The number of aliphatic hydroxyl groups is 1. The van der Waals surface area contributed by atoms with Crippen molar-refractivity contribution in [1.29, 1.82) is 0 Å². The highest BCUT2D eigenvalue weighted by atomic mass is 16.5. The molecule has 1 aromatic carbocycles. The molecule has 2 bridgehead atoms. The molecule has 2 unspecified atom stereocenters. The average Bonchev–Trinajstić information content (AvgIpc) is 3.59. The van der Waals surface area contributed by atoms with Gasteiger partial charge in [-0.1, -0.05) is 12.2 Å². The number of carbonyl (C=O) groups excluding carboxylic acids is 3. The van der Waals surface area contributed by atoms with Gasteiger partial charge in [0.25, 0.3) is 0 Å². The maximum Gasteiger partial charge on any atom is 0.249 e. The molecule has 230 valence electrons. The van der Waals surface area contributed by atoms with Crippen LogP contribution in [0, 0.1) is 11.8 Å². The molecule has 0 saturated carbocycles. The van der Waals surface area contributed by atoms with Gasteiger partial charge in [-0.25, -0.2) is 0 Å². The van der Waals surface area contributed by atoms with Crippen molar-refractivity contribution in [2.75, 3.05) is 37.7 Å². The molecule has 5 atom stereocenters. The smallest absolute Gasteiger partial charge is 0.249 e. The number of aliphatic hydroxyl groups excluding tert-OH is 1. The zero-order valence-corrected chi connectivity index (χ0v) is 25.6. The number of benzene rings is 1. The fraction of sp³-hybridized carbons (Fsp3) is 0.606. The van der Waals surface area contributed by atoms with Crippen LogP contribution in [0.4, 0.5) is 5.69 Å². The first-order valence-electron chi connectivity index (χ1n) is 15.2. The summed E-state index contributed by atoms with van der Waals surface area (Å²) in [5.41, 5.74) is -0.894. The van der Waals surface area contributed by atoms with Crippen LogP contribution in [0.2, 0.25) is 0 Å². The Labute approximate surface area is 250 Å². The Hall–Kier alpha value is -3.17. The van der Waals surface area contributed by atoms with Gasteiger partial charge in [-0.05, 0) is 84.1 Å². The van der Waals surface area contributed by atoms with Crippen molar-refractivity contribution in [3.8, 4) is 5.75 Å². The van der Waals surface area contributed by atoms with Crippen LogP contribution in [0.15, 0.2) is 49.6 Å². The van der Waals surface area contributed by atoms with Crippen molar-refractivity contribution < 1.29 is 29.0 Å². The minimum Gasteiger partial charge on any atom is -0.494 e. The Balaban J connectivity index is 1.71. The molecule has 4 rings (SSSR count). The molecule has 3 aliphatic heterocycles. The number of rotatable bonds is 14. The van der Waals surface area contributed by atoms with E-state index in [-0.39, 0.29) is 30.9 Å². The molecule has 1 aromatic rings. The van der Waals surface area contributed by atoms with E-state index in [1.807, 2.05) is 52.0 Å². The second-order valence-electron chi connectivity index (χ2n) is 12.4. The third-order valence-corrected chi connectivity index (χ3v) is 8.80. The zero-order chi connectivity index (χ0) is 30.7. The first-order chi connectivity index (χ1) is 20.0. The molecular formula is C33H47N3O6. The summed E-state index contributed by atoms with van der Waals surface area (Å²) < 4.78 is 12.2. The quantitative estimate of drug-likeness (QED) is 0.264. The standard InChI is InChI=1S/C33H47N3O6/c1-7-19-34(23-13-15-24(16-14-23)41-9-3)29(38)26-25-17-18-33(42-25)27(26)30(39)35(21-11-10-12-22-37)28(33)31(40)36(20-8-2)32(4,5)6/h7-8,13-16,25-28,37H,1-2,9-12,17-22H2,3-6H3/t25-,26+,27+,28?,33?/m1/s1. The van der Waals surface area contributed by atoms with Crippen LogP contribution in [-0.4, -0.2) is 88.8 Å². The highest BCUT2D eigenvalue weighted by molar-refractivity contribution is 6.03. The minimum absolute atomic E-state index is 0.0755. The van der Waals surface area contributed by atoms with Crippen molar-refractivity contribution in [2.24, 2.45) is 11.8 Å². The van der Waals surface area contributed by atoms with E-state index in [4.69, 9.17) is 9.47 Å². The lowest BCUT2D eigenvalue weighted by Crippen LogP contribution is -2.60. The van der Waals surface area contributed by atoms with Gasteiger partial charge in [0.05, 0.1) is 24.5 Å². The first kappa shape index (κ1) is 31.8. The Kier molecular flexibility index (Phi) is 9.83. The summed E-state index contributed by atoms with van der Waals surface area (Å²) in [7, 11) is 0. The molecule has 1 N–H and O–H groups in total. The normalized spacial score (nSPS) is 26.2. The summed E-state index contributed by atoms with van der Waals surface area (Å²) in [4.78, 5) is 48.2. The lowest BCUT2D eigenvalue weighted by atomic mass is 9.70. The third kappa shape index (κ3) is 5.73. The maximum absolute atomic E-state index is 14.4. The van der Waals surface area contributed by atoms with Gasteiger partial charge in [0, 0.05) is 37.5 Å². The molecule has 1 spiro atoms. The largest absolute Gasteiger partial charge is 0.494 e. The summed E-state index contributed by atoms with van der Waals surface area (Å²) in [6.07, 6.45) is 6.06. The second-order valence-corrected chi connectivity index (χ2v) is 12.4. The van der Waals surface area contributed by atoms with Gasteiger partial charge in [0.2, 0.25) is 17.7 Å². The molecule has 0 aliphatic carbocycles. The summed E-state index contributed by atoms with van der Waals surface area (Å²) in [6, 6.07) is 6.49. The number of hydrogen-bond donors (Lipinski definition) is 1. The molecule has 9 heteroatoms. The number of likely N-dealkylation sites (tertiary alicyclic amines) is 1. The molecule has 0 aromatic heterocycles. The number of hydrogen-bond acceptors (Lipinski definition) is 6. The lowest BCUT2D eigenvalue weighted by molar-refractivity contribution is -0.151. The van der Waals surface area contributed by atoms with Gasteiger partial charge < -0.3 is 29.3 Å². The molecule has 0 radical (unpaired) electrons. The predicted molar refractivity (Wildman–Crippen MR) is 162 cm³/mol. The number of anilines is 1. The Morgan fingerprint density at radius 3 is 2.40 bits per heavy atom. The predicted octanol–water partition coefficient (Wildman–Crippen LogP) is 3.95. The van der Waals surface area contributed by atoms with Crippen molar-refractivity contribution in [3.05, 3.63) is 49.6 Å². The van der Waals surface area contributed by atoms with Crippen LogP contribution in [-0.2, 0) is 19.1 Å². The van der Waals surface area contributed by atoms with Gasteiger partial charge in [-0.15, -0.1) is 13.2 Å². The average molecular weight is 582 g/mol. The topological polar surface area (TPSA) is 99.6 Å².